The maximum atomic E-state index is 12.3. The summed E-state index contributed by atoms with van der Waals surface area (Å²) in [5.74, 6) is 1.58. The molecular weight excluding hydrogens is 304 g/mol. The van der Waals surface area contributed by atoms with Crippen LogP contribution >= 0.6 is 0 Å². The molecule has 1 aromatic rings. The van der Waals surface area contributed by atoms with E-state index in [-0.39, 0.29) is 18.1 Å². The van der Waals surface area contributed by atoms with Gasteiger partial charge in [-0.15, -0.1) is 0 Å². The van der Waals surface area contributed by atoms with Crippen LogP contribution in [-0.4, -0.2) is 25.3 Å². The second-order valence-corrected chi connectivity index (χ2v) is 7.02. The fraction of sp³-hybridized carbons (Fsp3) is 0.632. The van der Waals surface area contributed by atoms with E-state index in [1.807, 2.05) is 13.0 Å². The number of hydrogen-bond donors (Lipinski definition) is 2. The van der Waals surface area contributed by atoms with Crippen molar-refractivity contribution in [1.82, 2.24) is 5.32 Å². The molecule has 2 aliphatic rings. The second-order valence-electron chi connectivity index (χ2n) is 7.02. The molecule has 24 heavy (non-hydrogen) atoms. The number of nitrogens with one attached hydrogen (secondary N) is 1. The fourth-order valence-electron chi connectivity index (χ4n) is 3.85. The van der Waals surface area contributed by atoms with Crippen LogP contribution in [0.5, 0.6) is 11.5 Å². The van der Waals surface area contributed by atoms with Crippen LogP contribution < -0.4 is 20.5 Å². The summed E-state index contributed by atoms with van der Waals surface area (Å²) in [7, 11) is 0. The summed E-state index contributed by atoms with van der Waals surface area (Å²) in [6, 6.07) is 5.79. The number of rotatable bonds is 6. The van der Waals surface area contributed by atoms with E-state index in [2.05, 4.69) is 17.4 Å². The SMILES string of the molecule is CCCC(N)C(=O)NCC1(c2ccc3c(c2)OCO3)CCCCC1. The first-order valence-corrected chi connectivity index (χ1v) is 9.08. The molecule has 0 saturated heterocycles. The van der Waals surface area contributed by atoms with Crippen molar-refractivity contribution in [3.8, 4) is 11.5 Å². The zero-order valence-corrected chi connectivity index (χ0v) is 14.5. The molecule has 0 bridgehead atoms. The first kappa shape index (κ1) is 17.1. The van der Waals surface area contributed by atoms with Gasteiger partial charge in [-0.3, -0.25) is 4.79 Å². The van der Waals surface area contributed by atoms with Gasteiger partial charge in [-0.1, -0.05) is 38.7 Å². The lowest BCUT2D eigenvalue weighted by Crippen LogP contribution is -2.47. The minimum absolute atomic E-state index is 0.0270. The fourth-order valence-corrected chi connectivity index (χ4v) is 3.85. The van der Waals surface area contributed by atoms with Gasteiger partial charge >= 0.3 is 0 Å². The molecule has 1 aliphatic heterocycles. The molecule has 1 atom stereocenters. The van der Waals surface area contributed by atoms with Gasteiger partial charge in [0.05, 0.1) is 6.04 Å². The smallest absolute Gasteiger partial charge is 0.236 e. The molecule has 1 unspecified atom stereocenters. The molecule has 0 aromatic heterocycles. The van der Waals surface area contributed by atoms with Crippen LogP contribution in [0.1, 0.15) is 57.4 Å². The molecule has 1 saturated carbocycles. The molecule has 132 valence electrons. The molecule has 1 amide bonds. The second kappa shape index (κ2) is 7.43. The van der Waals surface area contributed by atoms with Gasteiger partial charge < -0.3 is 20.5 Å². The Labute approximate surface area is 143 Å². The molecule has 1 aliphatic carbocycles. The molecule has 5 heteroatoms. The minimum atomic E-state index is -0.410. The zero-order valence-electron chi connectivity index (χ0n) is 14.5. The van der Waals surface area contributed by atoms with E-state index in [0.29, 0.717) is 6.54 Å². The van der Waals surface area contributed by atoms with Crippen LogP contribution in [0.4, 0.5) is 0 Å². The van der Waals surface area contributed by atoms with Crippen molar-refractivity contribution in [3.05, 3.63) is 23.8 Å². The Morgan fingerprint density at radius 1 is 1.25 bits per heavy atom. The lowest BCUT2D eigenvalue weighted by Gasteiger charge is -2.38. The van der Waals surface area contributed by atoms with Crippen molar-refractivity contribution >= 4 is 5.91 Å². The van der Waals surface area contributed by atoms with Crippen molar-refractivity contribution in [2.45, 2.75) is 63.3 Å². The molecule has 5 nitrogen and oxygen atoms in total. The summed E-state index contributed by atoms with van der Waals surface area (Å²) in [5.41, 5.74) is 7.16. The first-order chi connectivity index (χ1) is 11.6. The molecular formula is C19H28N2O3. The quantitative estimate of drug-likeness (QED) is 0.840. The number of amides is 1. The van der Waals surface area contributed by atoms with Gasteiger partial charge in [0, 0.05) is 12.0 Å². The van der Waals surface area contributed by atoms with Gasteiger partial charge in [-0.2, -0.15) is 0 Å². The normalized spacial score (nSPS) is 19.8. The highest BCUT2D eigenvalue weighted by atomic mass is 16.7. The highest BCUT2D eigenvalue weighted by Gasteiger charge is 2.35. The van der Waals surface area contributed by atoms with Gasteiger partial charge in [0.25, 0.3) is 0 Å². The van der Waals surface area contributed by atoms with Gasteiger partial charge in [0.15, 0.2) is 11.5 Å². The number of fused-ring (bicyclic) bond motifs is 1. The van der Waals surface area contributed by atoms with Crippen LogP contribution in [0.3, 0.4) is 0 Å². The topological polar surface area (TPSA) is 73.6 Å². The number of nitrogens with two attached hydrogens (primary N) is 1. The summed E-state index contributed by atoms with van der Waals surface area (Å²) in [6.07, 6.45) is 7.43. The largest absolute Gasteiger partial charge is 0.454 e. The predicted molar refractivity (Wildman–Crippen MR) is 93.2 cm³/mol. The van der Waals surface area contributed by atoms with Crippen molar-refractivity contribution in [3.63, 3.8) is 0 Å². The van der Waals surface area contributed by atoms with Gasteiger partial charge in [0.1, 0.15) is 0 Å². The summed E-state index contributed by atoms with van der Waals surface area (Å²) in [4.78, 5) is 12.3. The summed E-state index contributed by atoms with van der Waals surface area (Å²) in [5, 5.41) is 3.11. The average Bonchev–Trinajstić information content (AvgIpc) is 3.08. The molecule has 1 fully saturated rings. The van der Waals surface area contributed by atoms with Crippen molar-refractivity contribution in [2.75, 3.05) is 13.3 Å². The zero-order chi connectivity index (χ0) is 17.0. The average molecular weight is 332 g/mol. The predicted octanol–water partition coefficient (Wildman–Crippen LogP) is 2.86. The molecule has 1 heterocycles. The minimum Gasteiger partial charge on any atom is -0.454 e. The Kier molecular flexibility index (Phi) is 5.29. The van der Waals surface area contributed by atoms with E-state index in [1.165, 1.54) is 24.8 Å². The summed E-state index contributed by atoms with van der Waals surface area (Å²) >= 11 is 0. The van der Waals surface area contributed by atoms with Crippen LogP contribution in [0.2, 0.25) is 0 Å². The third-order valence-corrected chi connectivity index (χ3v) is 5.33. The van der Waals surface area contributed by atoms with Gasteiger partial charge in [-0.05, 0) is 37.0 Å². The number of carbonyl (C=O) groups is 1. The highest BCUT2D eigenvalue weighted by Crippen LogP contribution is 2.43. The van der Waals surface area contributed by atoms with Crippen molar-refractivity contribution in [2.24, 2.45) is 5.73 Å². The molecule has 0 radical (unpaired) electrons. The maximum Gasteiger partial charge on any atom is 0.236 e. The number of ether oxygens (including phenoxy) is 2. The van der Waals surface area contributed by atoms with Crippen LogP contribution in [0, 0.1) is 0 Å². The van der Waals surface area contributed by atoms with Crippen LogP contribution in [0.15, 0.2) is 18.2 Å². The number of carbonyl (C=O) groups excluding carboxylic acids is 1. The standard InChI is InChI=1S/C19H28N2O3/c1-2-6-15(20)18(22)21-12-19(9-4-3-5-10-19)14-7-8-16-17(11-14)24-13-23-16/h7-8,11,15H,2-6,9-10,12-13,20H2,1H3,(H,21,22). The van der Waals surface area contributed by atoms with Crippen LogP contribution in [-0.2, 0) is 10.2 Å². The lowest BCUT2D eigenvalue weighted by atomic mass is 9.69. The number of benzene rings is 1. The number of hydrogen-bond acceptors (Lipinski definition) is 4. The third-order valence-electron chi connectivity index (χ3n) is 5.33. The maximum absolute atomic E-state index is 12.3. The van der Waals surface area contributed by atoms with Crippen LogP contribution in [0.25, 0.3) is 0 Å². The van der Waals surface area contributed by atoms with Gasteiger partial charge in [-0.25, -0.2) is 0 Å². The van der Waals surface area contributed by atoms with Crippen molar-refractivity contribution < 1.29 is 14.3 Å². The monoisotopic (exact) mass is 332 g/mol. The third kappa shape index (κ3) is 3.51. The first-order valence-electron chi connectivity index (χ1n) is 9.08. The van der Waals surface area contributed by atoms with E-state index in [9.17, 15) is 4.79 Å². The Balaban J connectivity index is 1.76. The van der Waals surface area contributed by atoms with E-state index in [0.717, 1.165) is 37.2 Å². The lowest BCUT2D eigenvalue weighted by molar-refractivity contribution is -0.122. The molecule has 1 aromatic carbocycles. The Morgan fingerprint density at radius 2 is 2.00 bits per heavy atom. The Morgan fingerprint density at radius 3 is 2.75 bits per heavy atom. The molecule has 3 N–H and O–H groups in total. The Bertz CT molecular complexity index is 582. The van der Waals surface area contributed by atoms with E-state index >= 15 is 0 Å². The van der Waals surface area contributed by atoms with E-state index in [4.69, 9.17) is 15.2 Å². The summed E-state index contributed by atoms with van der Waals surface area (Å²) < 4.78 is 11.0. The van der Waals surface area contributed by atoms with Gasteiger partial charge in [0.2, 0.25) is 12.7 Å². The van der Waals surface area contributed by atoms with Crippen molar-refractivity contribution in [1.29, 1.82) is 0 Å². The summed E-state index contributed by atoms with van der Waals surface area (Å²) in [6.45, 7) is 2.97. The highest BCUT2D eigenvalue weighted by molar-refractivity contribution is 5.81. The molecule has 0 spiro atoms. The van der Waals surface area contributed by atoms with E-state index < -0.39 is 6.04 Å². The Hall–Kier alpha value is -1.75. The molecule has 3 rings (SSSR count). The van der Waals surface area contributed by atoms with E-state index in [1.54, 1.807) is 0 Å².